The number of fused-ring (bicyclic) bond motifs is 2. The molecule has 84 valence electrons. The van der Waals surface area contributed by atoms with E-state index in [2.05, 4.69) is 0 Å². The van der Waals surface area contributed by atoms with Gasteiger partial charge in [0.05, 0.1) is 5.56 Å². The maximum Gasteiger partial charge on any atom is 0.171 e. The van der Waals surface area contributed by atoms with Crippen LogP contribution in [0.4, 0.5) is 0 Å². The zero-order valence-electron chi connectivity index (χ0n) is 9.01. The van der Waals surface area contributed by atoms with Gasteiger partial charge in [0.1, 0.15) is 17.2 Å². The summed E-state index contributed by atoms with van der Waals surface area (Å²) in [6.45, 7) is 0. The van der Waals surface area contributed by atoms with Crippen molar-refractivity contribution in [3.63, 3.8) is 0 Å². The highest BCUT2D eigenvalue weighted by atomic mass is 16.5. The van der Waals surface area contributed by atoms with E-state index in [1.807, 2.05) is 24.3 Å². The molecule has 0 saturated carbocycles. The number of hydrogen-bond acceptors (Lipinski definition) is 3. The molecular formula is C14H10O3. The summed E-state index contributed by atoms with van der Waals surface area (Å²) in [5.74, 6) is 1.19. The van der Waals surface area contributed by atoms with Crippen molar-refractivity contribution in [1.29, 1.82) is 0 Å². The van der Waals surface area contributed by atoms with Crippen LogP contribution >= 0.6 is 0 Å². The summed E-state index contributed by atoms with van der Waals surface area (Å²) in [6, 6.07) is 12.0. The summed E-state index contributed by atoms with van der Waals surface area (Å²) < 4.78 is 5.67. The van der Waals surface area contributed by atoms with Gasteiger partial charge in [0.15, 0.2) is 5.78 Å². The third-order valence-corrected chi connectivity index (χ3v) is 2.81. The second-order valence-corrected chi connectivity index (χ2v) is 3.99. The first-order chi connectivity index (χ1) is 8.24. The average molecular weight is 226 g/mol. The predicted molar refractivity (Wildman–Crippen MR) is 62.7 cm³/mol. The molecule has 3 rings (SSSR count). The molecule has 0 spiro atoms. The Hall–Kier alpha value is -2.29. The van der Waals surface area contributed by atoms with Gasteiger partial charge in [0, 0.05) is 18.1 Å². The molecule has 2 aromatic carbocycles. The number of rotatable bonds is 0. The fraction of sp³-hybridized carbons (Fsp3) is 0.0714. The number of ether oxygens (including phenoxy) is 1. The Kier molecular flexibility index (Phi) is 2.11. The number of phenolic OH excluding ortho intramolecular Hbond substituents is 1. The first kappa shape index (κ1) is 9.90. The average Bonchev–Trinajstić information content (AvgIpc) is 2.44. The summed E-state index contributed by atoms with van der Waals surface area (Å²) in [5.41, 5.74) is 1.38. The first-order valence-electron chi connectivity index (χ1n) is 5.36. The summed E-state index contributed by atoms with van der Waals surface area (Å²) in [7, 11) is 0. The third-order valence-electron chi connectivity index (χ3n) is 2.81. The van der Waals surface area contributed by atoms with Crippen molar-refractivity contribution in [3.8, 4) is 17.2 Å². The number of aromatic hydroxyl groups is 1. The molecule has 0 unspecified atom stereocenters. The summed E-state index contributed by atoms with van der Waals surface area (Å²) >= 11 is 0. The number of Topliss-reactive ketones (excluding diaryl/α,β-unsaturated/α-hetero) is 1. The first-order valence-corrected chi connectivity index (χ1v) is 5.36. The molecule has 0 aromatic heterocycles. The molecule has 2 aromatic rings. The van der Waals surface area contributed by atoms with Gasteiger partial charge in [-0.25, -0.2) is 0 Å². The van der Waals surface area contributed by atoms with Crippen molar-refractivity contribution < 1.29 is 14.6 Å². The van der Waals surface area contributed by atoms with E-state index < -0.39 is 0 Å². The normalized spacial score (nSPS) is 13.3. The summed E-state index contributed by atoms with van der Waals surface area (Å²) in [4.78, 5) is 12.0. The standard InChI is InChI=1S/C14H10O3/c15-10-5-6-11-12(16)7-9-3-1-2-4-13(9)17-14(11)8-10/h1-6,8,15H,7H2. The molecule has 0 atom stereocenters. The molecule has 0 radical (unpaired) electrons. The number of para-hydroxylation sites is 1. The van der Waals surface area contributed by atoms with E-state index >= 15 is 0 Å². The molecule has 1 aliphatic rings. The second-order valence-electron chi connectivity index (χ2n) is 3.99. The van der Waals surface area contributed by atoms with E-state index in [0.717, 1.165) is 5.56 Å². The Balaban J connectivity index is 2.18. The van der Waals surface area contributed by atoms with E-state index in [-0.39, 0.29) is 11.5 Å². The van der Waals surface area contributed by atoms with Crippen molar-refractivity contribution in [2.24, 2.45) is 0 Å². The molecule has 0 amide bonds. The van der Waals surface area contributed by atoms with Crippen molar-refractivity contribution in [3.05, 3.63) is 53.6 Å². The minimum absolute atomic E-state index is 0.00458. The van der Waals surface area contributed by atoms with Crippen LogP contribution in [0.25, 0.3) is 0 Å². The topological polar surface area (TPSA) is 46.5 Å². The van der Waals surface area contributed by atoms with Crippen LogP contribution in [-0.4, -0.2) is 10.9 Å². The molecule has 0 fully saturated rings. The largest absolute Gasteiger partial charge is 0.508 e. The SMILES string of the molecule is O=C1Cc2ccccc2Oc2cc(O)ccc21. The van der Waals surface area contributed by atoms with Gasteiger partial charge in [0.2, 0.25) is 0 Å². The molecule has 0 aliphatic carbocycles. The summed E-state index contributed by atoms with van der Waals surface area (Å²) in [5, 5.41) is 9.42. The second kappa shape index (κ2) is 3.63. The van der Waals surface area contributed by atoms with Crippen LogP contribution < -0.4 is 4.74 Å². The van der Waals surface area contributed by atoms with E-state index in [0.29, 0.717) is 23.5 Å². The highest BCUT2D eigenvalue weighted by Crippen LogP contribution is 2.35. The Bertz CT molecular complexity index is 602. The zero-order chi connectivity index (χ0) is 11.8. The fourth-order valence-electron chi connectivity index (χ4n) is 1.96. The van der Waals surface area contributed by atoms with Crippen LogP contribution in [0.15, 0.2) is 42.5 Å². The Morgan fingerprint density at radius 1 is 1.06 bits per heavy atom. The fourth-order valence-corrected chi connectivity index (χ4v) is 1.96. The molecule has 3 nitrogen and oxygen atoms in total. The minimum atomic E-state index is 0.00458. The van der Waals surface area contributed by atoms with Gasteiger partial charge in [-0.1, -0.05) is 18.2 Å². The number of ketones is 1. The van der Waals surface area contributed by atoms with E-state index in [9.17, 15) is 9.90 Å². The maximum absolute atomic E-state index is 12.0. The van der Waals surface area contributed by atoms with Crippen molar-refractivity contribution >= 4 is 5.78 Å². The molecule has 0 bridgehead atoms. The van der Waals surface area contributed by atoms with Crippen molar-refractivity contribution in [1.82, 2.24) is 0 Å². The van der Waals surface area contributed by atoms with Gasteiger partial charge in [-0.2, -0.15) is 0 Å². The van der Waals surface area contributed by atoms with Gasteiger partial charge >= 0.3 is 0 Å². The minimum Gasteiger partial charge on any atom is -0.508 e. The highest BCUT2D eigenvalue weighted by molar-refractivity contribution is 6.01. The Morgan fingerprint density at radius 2 is 1.88 bits per heavy atom. The molecule has 1 N–H and O–H groups in total. The quantitative estimate of drug-likeness (QED) is 0.751. The number of benzene rings is 2. The van der Waals surface area contributed by atoms with Gasteiger partial charge < -0.3 is 9.84 Å². The van der Waals surface area contributed by atoms with E-state index in [4.69, 9.17) is 4.74 Å². The van der Waals surface area contributed by atoms with Gasteiger partial charge in [-0.15, -0.1) is 0 Å². The molecule has 17 heavy (non-hydrogen) atoms. The van der Waals surface area contributed by atoms with Crippen LogP contribution in [0.3, 0.4) is 0 Å². The summed E-state index contributed by atoms with van der Waals surface area (Å²) in [6.07, 6.45) is 0.327. The number of carbonyl (C=O) groups excluding carboxylic acids is 1. The van der Waals surface area contributed by atoms with Gasteiger partial charge in [-0.3, -0.25) is 4.79 Å². The van der Waals surface area contributed by atoms with Gasteiger partial charge in [0.25, 0.3) is 0 Å². The third kappa shape index (κ3) is 1.65. The zero-order valence-corrected chi connectivity index (χ0v) is 9.01. The van der Waals surface area contributed by atoms with Crippen LogP contribution in [0.1, 0.15) is 15.9 Å². The van der Waals surface area contributed by atoms with E-state index in [1.54, 1.807) is 6.07 Å². The van der Waals surface area contributed by atoms with Crippen LogP contribution in [0.2, 0.25) is 0 Å². The van der Waals surface area contributed by atoms with Crippen LogP contribution in [-0.2, 0) is 6.42 Å². The lowest BCUT2D eigenvalue weighted by Crippen LogP contribution is -2.01. The maximum atomic E-state index is 12.0. The predicted octanol–water partition coefficient (Wildman–Crippen LogP) is 2.92. The molecule has 0 saturated heterocycles. The van der Waals surface area contributed by atoms with E-state index in [1.165, 1.54) is 12.1 Å². The highest BCUT2D eigenvalue weighted by Gasteiger charge is 2.20. The number of carbonyl (C=O) groups is 1. The molecule has 1 heterocycles. The van der Waals surface area contributed by atoms with Crippen LogP contribution in [0, 0.1) is 0 Å². The number of hydrogen-bond donors (Lipinski definition) is 1. The molecular weight excluding hydrogens is 216 g/mol. The Morgan fingerprint density at radius 3 is 2.76 bits per heavy atom. The lowest BCUT2D eigenvalue weighted by atomic mass is 10.0. The van der Waals surface area contributed by atoms with Gasteiger partial charge in [-0.05, 0) is 18.2 Å². The monoisotopic (exact) mass is 226 g/mol. The van der Waals surface area contributed by atoms with Crippen LogP contribution in [0.5, 0.6) is 17.2 Å². The smallest absolute Gasteiger partial charge is 0.171 e. The molecule has 3 heteroatoms. The Labute approximate surface area is 98.3 Å². The van der Waals surface area contributed by atoms with Crippen molar-refractivity contribution in [2.75, 3.05) is 0 Å². The lowest BCUT2D eigenvalue weighted by molar-refractivity contribution is 0.0993. The molecule has 1 aliphatic heterocycles. The van der Waals surface area contributed by atoms with Crippen molar-refractivity contribution in [2.45, 2.75) is 6.42 Å². The number of phenols is 1. The lowest BCUT2D eigenvalue weighted by Gasteiger charge is -2.07.